The van der Waals surface area contributed by atoms with Gasteiger partial charge in [0.2, 0.25) is 0 Å². The van der Waals surface area contributed by atoms with Gasteiger partial charge in [0.05, 0.1) is 0 Å². The maximum atomic E-state index is 11.8. The van der Waals surface area contributed by atoms with Gasteiger partial charge in [0.25, 0.3) is 5.91 Å². The zero-order valence-corrected chi connectivity index (χ0v) is 7.13. The van der Waals surface area contributed by atoms with Crippen molar-refractivity contribution in [3.05, 3.63) is 29.8 Å². The first kappa shape index (κ1) is 10.2. The summed E-state index contributed by atoms with van der Waals surface area (Å²) in [6.07, 6.45) is 2.07. The zero-order valence-electron chi connectivity index (χ0n) is 7.13. The van der Waals surface area contributed by atoms with Crippen LogP contribution < -0.4 is 5.32 Å². The number of halogens is 2. The normalized spacial score (nSPS) is 9.57. The summed E-state index contributed by atoms with van der Waals surface area (Å²) in [7, 11) is 0. The van der Waals surface area contributed by atoms with Crippen molar-refractivity contribution in [3.63, 3.8) is 0 Å². The fraction of sp³-hybridized carbons (Fsp3) is 0.100. The van der Waals surface area contributed by atoms with Crippen LogP contribution in [0.5, 0.6) is 0 Å². The van der Waals surface area contributed by atoms with E-state index in [1.54, 1.807) is 12.1 Å². The number of anilines is 1. The van der Waals surface area contributed by atoms with Gasteiger partial charge in [0.15, 0.2) is 0 Å². The summed E-state index contributed by atoms with van der Waals surface area (Å²) in [6.45, 7) is 0. The molecule has 0 saturated carbocycles. The summed E-state index contributed by atoms with van der Waals surface area (Å²) in [6, 6.07) is 6.15. The van der Waals surface area contributed by atoms with Crippen molar-refractivity contribution in [1.82, 2.24) is 0 Å². The van der Waals surface area contributed by atoms with E-state index in [4.69, 9.17) is 6.42 Å². The highest BCUT2D eigenvalue weighted by Gasteiger charge is 2.14. The summed E-state index contributed by atoms with van der Waals surface area (Å²) in [5.74, 6) is 0.997. The van der Waals surface area contributed by atoms with Gasteiger partial charge in [0, 0.05) is 11.3 Å². The molecule has 0 bridgehead atoms. The molecule has 2 nitrogen and oxygen atoms in total. The highest BCUT2D eigenvalue weighted by atomic mass is 19.3. The first-order valence-corrected chi connectivity index (χ1v) is 3.79. The second kappa shape index (κ2) is 4.38. The van der Waals surface area contributed by atoms with Gasteiger partial charge in [-0.3, -0.25) is 4.79 Å². The van der Waals surface area contributed by atoms with Crippen LogP contribution in [0.3, 0.4) is 0 Å². The van der Waals surface area contributed by atoms with Crippen molar-refractivity contribution < 1.29 is 13.6 Å². The number of terminal acetylenes is 1. The number of hydrogen-bond donors (Lipinski definition) is 1. The number of amides is 1. The van der Waals surface area contributed by atoms with Crippen molar-refractivity contribution in [2.24, 2.45) is 0 Å². The first-order valence-electron chi connectivity index (χ1n) is 3.79. The van der Waals surface area contributed by atoms with E-state index in [1.807, 2.05) is 5.32 Å². The fourth-order valence-corrected chi connectivity index (χ4v) is 0.884. The van der Waals surface area contributed by atoms with Crippen molar-refractivity contribution in [3.8, 4) is 12.3 Å². The van der Waals surface area contributed by atoms with Crippen LogP contribution in [0.2, 0.25) is 0 Å². The van der Waals surface area contributed by atoms with Gasteiger partial charge < -0.3 is 5.32 Å². The van der Waals surface area contributed by atoms with Crippen LogP contribution in [0.4, 0.5) is 14.5 Å². The molecule has 0 aromatic heterocycles. The second-order valence-corrected chi connectivity index (χ2v) is 2.52. The number of benzene rings is 1. The third kappa shape index (κ3) is 2.56. The fourth-order valence-electron chi connectivity index (χ4n) is 0.884. The molecule has 14 heavy (non-hydrogen) atoms. The number of nitrogens with one attached hydrogen (secondary N) is 1. The molecule has 1 aromatic carbocycles. The van der Waals surface area contributed by atoms with Crippen LogP contribution in [0.25, 0.3) is 0 Å². The van der Waals surface area contributed by atoms with E-state index in [0.29, 0.717) is 5.56 Å². The quantitative estimate of drug-likeness (QED) is 0.717. The standard InChI is InChI=1S/C10H7F2NO/c1-2-7-4-3-5-8(6-7)13-10(14)9(11)12/h1,3-6,9H,(H,13,14). The molecule has 0 radical (unpaired) electrons. The highest BCUT2D eigenvalue weighted by molar-refractivity contribution is 5.93. The average Bonchev–Trinajstić information content (AvgIpc) is 2.18. The van der Waals surface area contributed by atoms with E-state index in [9.17, 15) is 13.6 Å². The van der Waals surface area contributed by atoms with Crippen LogP contribution in [-0.2, 0) is 4.79 Å². The van der Waals surface area contributed by atoms with Gasteiger partial charge in [-0.1, -0.05) is 12.0 Å². The molecule has 1 amide bonds. The number of carbonyl (C=O) groups is 1. The van der Waals surface area contributed by atoms with Gasteiger partial charge in [-0.2, -0.15) is 8.78 Å². The molecule has 1 rings (SSSR count). The first-order chi connectivity index (χ1) is 6.63. The largest absolute Gasteiger partial charge is 0.321 e. The highest BCUT2D eigenvalue weighted by Crippen LogP contribution is 2.10. The molecule has 0 saturated heterocycles. The van der Waals surface area contributed by atoms with Crippen LogP contribution in [0, 0.1) is 12.3 Å². The molecule has 0 aliphatic carbocycles. The van der Waals surface area contributed by atoms with Crippen LogP contribution in [0.1, 0.15) is 5.56 Å². The topological polar surface area (TPSA) is 29.1 Å². The van der Waals surface area contributed by atoms with Crippen LogP contribution in [-0.4, -0.2) is 12.3 Å². The SMILES string of the molecule is C#Cc1cccc(NC(=O)C(F)F)c1. The molecular formula is C10H7F2NO. The van der Waals surface area contributed by atoms with Crippen molar-refractivity contribution in [2.45, 2.75) is 6.43 Å². The summed E-state index contributed by atoms with van der Waals surface area (Å²) < 4.78 is 23.7. The van der Waals surface area contributed by atoms with E-state index in [0.717, 1.165) is 0 Å². The van der Waals surface area contributed by atoms with Crippen molar-refractivity contribution in [1.29, 1.82) is 0 Å². The lowest BCUT2D eigenvalue weighted by molar-refractivity contribution is -0.126. The zero-order chi connectivity index (χ0) is 10.6. The summed E-state index contributed by atoms with van der Waals surface area (Å²) in [4.78, 5) is 10.6. The maximum absolute atomic E-state index is 11.8. The second-order valence-electron chi connectivity index (χ2n) is 2.52. The molecule has 0 spiro atoms. The smallest absolute Gasteiger partial charge is 0.315 e. The molecule has 0 aliphatic heterocycles. The Balaban J connectivity index is 2.78. The Hall–Kier alpha value is -1.89. The number of alkyl halides is 2. The molecule has 1 N–H and O–H groups in total. The molecular weight excluding hydrogens is 188 g/mol. The number of hydrogen-bond acceptors (Lipinski definition) is 1. The predicted molar refractivity (Wildman–Crippen MR) is 49.0 cm³/mol. The molecule has 0 atom stereocenters. The van der Waals surface area contributed by atoms with E-state index in [2.05, 4.69) is 5.92 Å². The molecule has 0 aliphatic rings. The Labute approximate surface area is 79.9 Å². The Morgan fingerprint density at radius 1 is 1.50 bits per heavy atom. The summed E-state index contributed by atoms with van der Waals surface area (Å²) >= 11 is 0. The number of carbonyl (C=O) groups excluding carboxylic acids is 1. The van der Waals surface area contributed by atoms with Gasteiger partial charge in [-0.15, -0.1) is 6.42 Å². The Morgan fingerprint density at radius 2 is 2.21 bits per heavy atom. The Bertz CT molecular complexity index is 382. The third-order valence-electron chi connectivity index (χ3n) is 1.49. The monoisotopic (exact) mass is 195 g/mol. The molecule has 4 heteroatoms. The predicted octanol–water partition coefficient (Wildman–Crippen LogP) is 1.87. The van der Waals surface area contributed by atoms with Crippen molar-refractivity contribution in [2.75, 3.05) is 5.32 Å². The van der Waals surface area contributed by atoms with Crippen LogP contribution in [0.15, 0.2) is 24.3 Å². The Kier molecular flexibility index (Phi) is 3.19. The molecule has 72 valence electrons. The lowest BCUT2D eigenvalue weighted by Gasteiger charge is -2.03. The van der Waals surface area contributed by atoms with Gasteiger partial charge in [-0.25, -0.2) is 0 Å². The minimum absolute atomic E-state index is 0.269. The third-order valence-corrected chi connectivity index (χ3v) is 1.49. The minimum atomic E-state index is -3.02. The van der Waals surface area contributed by atoms with E-state index in [-0.39, 0.29) is 5.69 Å². The molecule has 0 unspecified atom stereocenters. The van der Waals surface area contributed by atoms with Gasteiger partial charge >= 0.3 is 6.43 Å². The lowest BCUT2D eigenvalue weighted by Crippen LogP contribution is -2.19. The summed E-state index contributed by atoms with van der Waals surface area (Å²) in [5, 5.41) is 2.03. The number of rotatable bonds is 2. The molecule has 1 aromatic rings. The minimum Gasteiger partial charge on any atom is -0.321 e. The average molecular weight is 195 g/mol. The van der Waals surface area contributed by atoms with Crippen molar-refractivity contribution >= 4 is 11.6 Å². The maximum Gasteiger partial charge on any atom is 0.315 e. The molecule has 0 fully saturated rings. The van der Waals surface area contributed by atoms with E-state index >= 15 is 0 Å². The Morgan fingerprint density at radius 3 is 2.79 bits per heavy atom. The summed E-state index contributed by atoms with van der Waals surface area (Å²) in [5.41, 5.74) is 0.794. The lowest BCUT2D eigenvalue weighted by atomic mass is 10.2. The van der Waals surface area contributed by atoms with Gasteiger partial charge in [0.1, 0.15) is 0 Å². The van der Waals surface area contributed by atoms with E-state index in [1.165, 1.54) is 12.1 Å². The van der Waals surface area contributed by atoms with Gasteiger partial charge in [-0.05, 0) is 18.2 Å². The van der Waals surface area contributed by atoms with E-state index < -0.39 is 12.3 Å². The molecule has 0 heterocycles. The van der Waals surface area contributed by atoms with Crippen LogP contribution >= 0.6 is 0 Å².